The Hall–Kier alpha value is -2.20. The summed E-state index contributed by atoms with van der Waals surface area (Å²) in [5.74, 6) is 0. The minimum atomic E-state index is 0.926. The Morgan fingerprint density at radius 1 is 0.833 bits per heavy atom. The maximum atomic E-state index is 4.49. The SMILES string of the molecule is c1ccc2sc(-n3nc4ccccc4n3)cc2c1. The second-order valence-electron chi connectivity index (χ2n) is 4.10. The van der Waals surface area contributed by atoms with Crippen molar-refractivity contribution in [2.24, 2.45) is 0 Å². The average molecular weight is 251 g/mol. The number of aromatic nitrogens is 3. The lowest BCUT2D eigenvalue weighted by Crippen LogP contribution is -1.94. The molecule has 0 radical (unpaired) electrons. The van der Waals surface area contributed by atoms with E-state index in [1.54, 1.807) is 16.1 Å². The highest BCUT2D eigenvalue weighted by Crippen LogP contribution is 2.27. The van der Waals surface area contributed by atoms with Gasteiger partial charge in [0, 0.05) is 4.70 Å². The first-order valence-corrected chi connectivity index (χ1v) is 6.53. The molecule has 2 aromatic carbocycles. The quantitative estimate of drug-likeness (QED) is 0.517. The fourth-order valence-electron chi connectivity index (χ4n) is 2.02. The smallest absolute Gasteiger partial charge is 0.139 e. The van der Waals surface area contributed by atoms with E-state index >= 15 is 0 Å². The zero-order chi connectivity index (χ0) is 11.9. The highest BCUT2D eigenvalue weighted by molar-refractivity contribution is 7.21. The molecular formula is C14H9N3S. The molecule has 18 heavy (non-hydrogen) atoms. The van der Waals surface area contributed by atoms with Crippen molar-refractivity contribution in [1.29, 1.82) is 0 Å². The van der Waals surface area contributed by atoms with Crippen LogP contribution < -0.4 is 0 Å². The summed E-state index contributed by atoms with van der Waals surface area (Å²) in [6.45, 7) is 0. The zero-order valence-corrected chi connectivity index (χ0v) is 10.3. The fourth-order valence-corrected chi connectivity index (χ4v) is 2.99. The topological polar surface area (TPSA) is 30.7 Å². The molecule has 0 unspecified atom stereocenters. The number of nitrogens with zero attached hydrogens (tertiary/aromatic N) is 3. The predicted octanol–water partition coefficient (Wildman–Crippen LogP) is 3.64. The van der Waals surface area contributed by atoms with Gasteiger partial charge in [0.15, 0.2) is 0 Å². The van der Waals surface area contributed by atoms with Crippen LogP contribution in [-0.2, 0) is 0 Å². The maximum Gasteiger partial charge on any atom is 0.139 e. The molecule has 0 aliphatic carbocycles. The number of benzene rings is 2. The molecule has 0 spiro atoms. The summed E-state index contributed by atoms with van der Waals surface area (Å²) in [5, 5.41) is 11.3. The predicted molar refractivity (Wildman–Crippen MR) is 74.2 cm³/mol. The molecule has 4 rings (SSSR count). The molecule has 0 N–H and O–H groups in total. The van der Waals surface area contributed by atoms with Crippen molar-refractivity contribution < 1.29 is 0 Å². The largest absolute Gasteiger partial charge is 0.147 e. The van der Waals surface area contributed by atoms with Crippen LogP contribution in [0.1, 0.15) is 0 Å². The van der Waals surface area contributed by atoms with Crippen molar-refractivity contribution in [3.05, 3.63) is 54.6 Å². The molecule has 4 aromatic rings. The van der Waals surface area contributed by atoms with Crippen LogP contribution in [0, 0.1) is 0 Å². The number of rotatable bonds is 1. The molecule has 2 aromatic heterocycles. The maximum absolute atomic E-state index is 4.49. The molecule has 86 valence electrons. The highest BCUT2D eigenvalue weighted by Gasteiger charge is 2.07. The minimum Gasteiger partial charge on any atom is -0.147 e. The fraction of sp³-hybridized carbons (Fsp3) is 0. The molecule has 2 heterocycles. The summed E-state index contributed by atoms with van der Waals surface area (Å²) in [6, 6.07) is 18.4. The van der Waals surface area contributed by atoms with E-state index in [1.165, 1.54) is 10.1 Å². The van der Waals surface area contributed by atoms with Crippen molar-refractivity contribution in [2.75, 3.05) is 0 Å². The number of hydrogen-bond donors (Lipinski definition) is 0. The monoisotopic (exact) mass is 251 g/mol. The number of hydrogen-bond acceptors (Lipinski definition) is 3. The third kappa shape index (κ3) is 1.43. The zero-order valence-electron chi connectivity index (χ0n) is 9.45. The van der Waals surface area contributed by atoms with Crippen molar-refractivity contribution in [1.82, 2.24) is 15.0 Å². The average Bonchev–Trinajstić information content (AvgIpc) is 3.02. The lowest BCUT2D eigenvalue weighted by Gasteiger charge is -1.90. The second-order valence-corrected chi connectivity index (χ2v) is 5.16. The van der Waals surface area contributed by atoms with E-state index in [9.17, 15) is 0 Å². The van der Waals surface area contributed by atoms with E-state index in [0.717, 1.165) is 16.0 Å². The second kappa shape index (κ2) is 3.65. The molecule has 0 amide bonds. The number of thiophene rings is 1. The van der Waals surface area contributed by atoms with Crippen LogP contribution in [-0.4, -0.2) is 15.0 Å². The summed E-state index contributed by atoms with van der Waals surface area (Å²) < 4.78 is 1.26. The Labute approximate surface area is 107 Å². The van der Waals surface area contributed by atoms with Gasteiger partial charge in [0.05, 0.1) is 0 Å². The Bertz CT molecular complexity index is 706. The number of fused-ring (bicyclic) bond motifs is 2. The van der Waals surface area contributed by atoms with E-state index in [1.807, 2.05) is 30.3 Å². The molecule has 0 fully saturated rings. The molecular weight excluding hydrogens is 242 g/mol. The van der Waals surface area contributed by atoms with Crippen LogP contribution in [0.2, 0.25) is 0 Å². The van der Waals surface area contributed by atoms with Crippen LogP contribution in [0.25, 0.3) is 26.1 Å². The van der Waals surface area contributed by atoms with E-state index in [4.69, 9.17) is 0 Å². The molecule has 0 saturated heterocycles. The van der Waals surface area contributed by atoms with Crippen LogP contribution >= 0.6 is 11.3 Å². The van der Waals surface area contributed by atoms with E-state index in [0.29, 0.717) is 0 Å². The van der Waals surface area contributed by atoms with Gasteiger partial charge in [0.2, 0.25) is 0 Å². The van der Waals surface area contributed by atoms with E-state index in [2.05, 4.69) is 34.5 Å². The van der Waals surface area contributed by atoms with Gasteiger partial charge in [-0.15, -0.1) is 26.3 Å². The van der Waals surface area contributed by atoms with Gasteiger partial charge in [-0.3, -0.25) is 0 Å². The van der Waals surface area contributed by atoms with Gasteiger partial charge in [-0.05, 0) is 29.7 Å². The van der Waals surface area contributed by atoms with Gasteiger partial charge in [-0.25, -0.2) is 0 Å². The molecule has 0 saturated carbocycles. The van der Waals surface area contributed by atoms with E-state index in [-0.39, 0.29) is 0 Å². The van der Waals surface area contributed by atoms with Gasteiger partial charge < -0.3 is 0 Å². The lowest BCUT2D eigenvalue weighted by atomic mass is 10.3. The molecule has 0 bridgehead atoms. The Morgan fingerprint density at radius 3 is 2.22 bits per heavy atom. The van der Waals surface area contributed by atoms with Gasteiger partial charge in [0.25, 0.3) is 0 Å². The van der Waals surface area contributed by atoms with Crippen LogP contribution in [0.4, 0.5) is 0 Å². The van der Waals surface area contributed by atoms with E-state index < -0.39 is 0 Å². The molecule has 0 aliphatic heterocycles. The van der Waals surface area contributed by atoms with Crippen LogP contribution in [0.15, 0.2) is 54.6 Å². The van der Waals surface area contributed by atoms with Crippen molar-refractivity contribution in [2.45, 2.75) is 0 Å². The standard InChI is InChI=1S/C14H9N3S/c1-4-8-13-10(5-1)9-14(18-13)17-15-11-6-2-3-7-12(11)16-17/h1-9H. The van der Waals surface area contributed by atoms with Gasteiger partial charge in [0.1, 0.15) is 16.0 Å². The Kier molecular flexibility index (Phi) is 1.98. The molecule has 3 nitrogen and oxygen atoms in total. The van der Waals surface area contributed by atoms with Crippen LogP contribution in [0.5, 0.6) is 0 Å². The first-order chi connectivity index (χ1) is 8.90. The minimum absolute atomic E-state index is 0.926. The molecule has 4 heteroatoms. The normalized spacial score (nSPS) is 11.3. The third-order valence-corrected chi connectivity index (χ3v) is 3.98. The van der Waals surface area contributed by atoms with Crippen molar-refractivity contribution in [3.8, 4) is 5.00 Å². The van der Waals surface area contributed by atoms with Crippen molar-refractivity contribution in [3.63, 3.8) is 0 Å². The summed E-state index contributed by atoms with van der Waals surface area (Å²) >= 11 is 1.70. The Balaban J connectivity index is 1.95. The first kappa shape index (κ1) is 9.79. The Morgan fingerprint density at radius 2 is 1.50 bits per heavy atom. The lowest BCUT2D eigenvalue weighted by molar-refractivity contribution is 0.779. The molecule has 0 atom stereocenters. The summed E-state index contributed by atoms with van der Waals surface area (Å²) in [7, 11) is 0. The highest BCUT2D eigenvalue weighted by atomic mass is 32.1. The van der Waals surface area contributed by atoms with Crippen LogP contribution in [0.3, 0.4) is 0 Å². The first-order valence-electron chi connectivity index (χ1n) is 5.71. The summed E-state index contributed by atoms with van der Waals surface area (Å²) in [6.07, 6.45) is 0. The van der Waals surface area contributed by atoms with Crippen molar-refractivity contribution >= 4 is 32.5 Å². The third-order valence-electron chi connectivity index (χ3n) is 2.90. The van der Waals surface area contributed by atoms with Gasteiger partial charge in [-0.2, -0.15) is 0 Å². The van der Waals surface area contributed by atoms with Gasteiger partial charge in [-0.1, -0.05) is 30.3 Å². The van der Waals surface area contributed by atoms with Gasteiger partial charge >= 0.3 is 0 Å². The summed E-state index contributed by atoms with van der Waals surface area (Å²) in [4.78, 5) is 1.72. The summed E-state index contributed by atoms with van der Waals surface area (Å²) in [5.41, 5.74) is 1.85. The molecule has 0 aliphatic rings.